The van der Waals surface area contributed by atoms with Crippen LogP contribution in [0.3, 0.4) is 0 Å². The predicted octanol–water partition coefficient (Wildman–Crippen LogP) is 0.325. The summed E-state index contributed by atoms with van der Waals surface area (Å²) in [5.74, 6) is -1.21. The van der Waals surface area contributed by atoms with Crippen molar-refractivity contribution in [1.82, 2.24) is 5.48 Å². The Morgan fingerprint density at radius 1 is 1.67 bits per heavy atom. The van der Waals surface area contributed by atoms with Crippen LogP contribution in [0.5, 0.6) is 0 Å². The second-order valence-electron chi connectivity index (χ2n) is 1.94. The van der Waals surface area contributed by atoms with Crippen molar-refractivity contribution < 1.29 is 27.9 Å². The van der Waals surface area contributed by atoms with E-state index < -0.39 is 18.4 Å². The third-order valence-corrected chi connectivity index (χ3v) is 0.957. The zero-order valence-corrected chi connectivity index (χ0v) is 6.18. The summed E-state index contributed by atoms with van der Waals surface area (Å²) in [7, 11) is 0. The van der Waals surface area contributed by atoms with Crippen LogP contribution in [0.1, 0.15) is 13.3 Å². The maximum atomic E-state index is 11.3. The molecule has 0 spiro atoms. The smallest absolute Gasteiger partial charge is 0.383 e. The molecule has 2 N–H and O–H groups in total. The summed E-state index contributed by atoms with van der Waals surface area (Å²) in [6, 6.07) is 0. The number of hydroxylamine groups is 1. The van der Waals surface area contributed by atoms with Gasteiger partial charge in [-0.15, -0.1) is 13.2 Å². The fourth-order valence-corrected chi connectivity index (χ4v) is 0.362. The average Bonchev–Trinajstić information content (AvgIpc) is 1.97. The summed E-state index contributed by atoms with van der Waals surface area (Å²) in [6.07, 6.45) is -6.39. The monoisotopic (exact) mass is 187 g/mol. The molecule has 0 aromatic carbocycles. The highest BCUT2D eigenvalue weighted by molar-refractivity contribution is 5.79. The van der Waals surface area contributed by atoms with Gasteiger partial charge in [-0.1, -0.05) is 6.92 Å². The third-order valence-electron chi connectivity index (χ3n) is 0.957. The van der Waals surface area contributed by atoms with E-state index in [4.69, 9.17) is 5.11 Å². The van der Waals surface area contributed by atoms with Gasteiger partial charge in [0.2, 0.25) is 0 Å². The summed E-state index contributed by atoms with van der Waals surface area (Å²) in [6.45, 7) is 1.44. The first kappa shape index (κ1) is 11.2. The topological polar surface area (TPSA) is 58.6 Å². The van der Waals surface area contributed by atoms with Crippen molar-refractivity contribution in [3.05, 3.63) is 0 Å². The van der Waals surface area contributed by atoms with Crippen LogP contribution in [-0.4, -0.2) is 23.5 Å². The molecule has 0 aromatic rings. The van der Waals surface area contributed by atoms with E-state index in [2.05, 4.69) is 4.84 Å². The largest absolute Gasteiger partial charge is 0.543 e. The van der Waals surface area contributed by atoms with Gasteiger partial charge in [-0.3, -0.25) is 4.79 Å². The molecule has 0 heterocycles. The molecule has 0 bridgehead atoms. The van der Waals surface area contributed by atoms with Crippen LogP contribution in [0.25, 0.3) is 0 Å². The van der Waals surface area contributed by atoms with E-state index in [1.54, 1.807) is 0 Å². The number of halogens is 3. The number of hydrogen-bond acceptors (Lipinski definition) is 3. The number of aliphatic hydroxyl groups excluding tert-OH is 1. The molecule has 12 heavy (non-hydrogen) atoms. The number of carbonyl (C=O) groups excluding carboxylic acids is 1. The summed E-state index contributed by atoms with van der Waals surface area (Å²) in [5, 5.41) is 8.66. The quantitative estimate of drug-likeness (QED) is 0.626. The Kier molecular flexibility index (Phi) is 3.98. The highest BCUT2D eigenvalue weighted by Crippen LogP contribution is 2.13. The molecule has 0 saturated carbocycles. The lowest BCUT2D eigenvalue weighted by atomic mass is 10.3. The molecule has 72 valence electrons. The molecule has 7 heteroatoms. The second kappa shape index (κ2) is 4.27. The minimum Gasteiger partial charge on any atom is -0.383 e. The number of carbonyl (C=O) groups is 1. The minimum absolute atomic E-state index is 0.0209. The molecule has 1 atom stereocenters. The molecule has 4 nitrogen and oxygen atoms in total. The Labute approximate surface area is 66.3 Å². The van der Waals surface area contributed by atoms with E-state index in [9.17, 15) is 18.0 Å². The molecule has 0 aliphatic rings. The minimum atomic E-state index is -4.93. The van der Waals surface area contributed by atoms with Gasteiger partial charge in [0.25, 0.3) is 5.91 Å². The van der Waals surface area contributed by atoms with Gasteiger partial charge in [0.05, 0.1) is 0 Å². The highest BCUT2D eigenvalue weighted by Gasteiger charge is 2.31. The van der Waals surface area contributed by atoms with Crippen molar-refractivity contribution in [2.45, 2.75) is 25.8 Å². The summed E-state index contributed by atoms with van der Waals surface area (Å²) < 4.78 is 33.8. The molecular formula is C5H8F3NO3. The Morgan fingerprint density at radius 3 is 2.50 bits per heavy atom. The van der Waals surface area contributed by atoms with Crippen molar-refractivity contribution in [2.75, 3.05) is 0 Å². The number of nitrogens with one attached hydrogen (secondary N) is 1. The second-order valence-corrected chi connectivity index (χ2v) is 1.94. The molecule has 0 radical (unpaired) electrons. The molecule has 0 rings (SSSR count). The molecule has 0 fully saturated rings. The lowest BCUT2D eigenvalue weighted by molar-refractivity contribution is -0.346. The average molecular weight is 187 g/mol. The first-order chi connectivity index (χ1) is 5.37. The Bertz CT molecular complexity index is 159. The molecule has 0 aliphatic heterocycles. The zero-order valence-electron chi connectivity index (χ0n) is 6.18. The van der Waals surface area contributed by atoms with E-state index in [0.717, 1.165) is 5.48 Å². The van der Waals surface area contributed by atoms with E-state index in [-0.39, 0.29) is 6.42 Å². The van der Waals surface area contributed by atoms with Gasteiger partial charge in [0.1, 0.15) is 6.10 Å². The number of alkyl halides is 3. The van der Waals surface area contributed by atoms with Gasteiger partial charge in [-0.2, -0.15) is 4.84 Å². The van der Waals surface area contributed by atoms with Crippen LogP contribution >= 0.6 is 0 Å². The van der Waals surface area contributed by atoms with Crippen LogP contribution in [0.4, 0.5) is 13.2 Å². The van der Waals surface area contributed by atoms with E-state index in [1.807, 2.05) is 0 Å². The number of rotatable bonds is 3. The van der Waals surface area contributed by atoms with Gasteiger partial charge >= 0.3 is 6.36 Å². The standard InChI is InChI=1S/C5H8F3NO3/c1-2-3(10)4(11)9-12-5(6,7)8/h3,10H,2H2,1H3,(H,9,11). The fraction of sp³-hybridized carbons (Fsp3) is 0.800. The maximum absolute atomic E-state index is 11.3. The highest BCUT2D eigenvalue weighted by atomic mass is 19.4. The van der Waals surface area contributed by atoms with Gasteiger partial charge in [0.15, 0.2) is 0 Å². The lowest BCUT2D eigenvalue weighted by Gasteiger charge is -2.10. The molecule has 0 aliphatic carbocycles. The van der Waals surface area contributed by atoms with Gasteiger partial charge in [0, 0.05) is 0 Å². The summed E-state index contributed by atoms with van der Waals surface area (Å²) in [5.41, 5.74) is 1.06. The molecular weight excluding hydrogens is 179 g/mol. The van der Waals surface area contributed by atoms with Crippen LogP contribution in [0, 0.1) is 0 Å². The van der Waals surface area contributed by atoms with Crippen molar-refractivity contribution in [3.8, 4) is 0 Å². The van der Waals surface area contributed by atoms with Crippen molar-refractivity contribution in [3.63, 3.8) is 0 Å². The van der Waals surface area contributed by atoms with Crippen molar-refractivity contribution in [2.24, 2.45) is 0 Å². The Balaban J connectivity index is 3.72. The molecule has 1 amide bonds. The summed E-state index contributed by atoms with van der Waals surface area (Å²) in [4.78, 5) is 13.4. The molecule has 0 saturated heterocycles. The van der Waals surface area contributed by atoms with Crippen molar-refractivity contribution >= 4 is 5.91 Å². The van der Waals surface area contributed by atoms with Crippen LogP contribution in [-0.2, 0) is 9.63 Å². The Hall–Kier alpha value is -0.820. The van der Waals surface area contributed by atoms with Gasteiger partial charge in [-0.05, 0) is 6.42 Å². The first-order valence-electron chi connectivity index (χ1n) is 3.09. The number of amides is 1. The van der Waals surface area contributed by atoms with Gasteiger partial charge in [-0.25, -0.2) is 5.48 Å². The lowest BCUT2D eigenvalue weighted by Crippen LogP contribution is -2.37. The van der Waals surface area contributed by atoms with Crippen LogP contribution in [0.2, 0.25) is 0 Å². The molecule has 0 aromatic heterocycles. The first-order valence-corrected chi connectivity index (χ1v) is 3.09. The SMILES string of the molecule is CCC(O)C(=O)NOC(F)(F)F. The van der Waals surface area contributed by atoms with E-state index >= 15 is 0 Å². The predicted molar refractivity (Wildman–Crippen MR) is 31.6 cm³/mol. The third kappa shape index (κ3) is 4.91. The van der Waals surface area contributed by atoms with E-state index in [1.165, 1.54) is 6.92 Å². The normalized spacial score (nSPS) is 14.1. The van der Waals surface area contributed by atoms with Gasteiger partial charge < -0.3 is 5.11 Å². The zero-order chi connectivity index (χ0) is 9.78. The van der Waals surface area contributed by atoms with E-state index in [0.29, 0.717) is 0 Å². The Morgan fingerprint density at radius 2 is 2.17 bits per heavy atom. The molecule has 1 unspecified atom stereocenters. The van der Waals surface area contributed by atoms with Crippen LogP contribution in [0.15, 0.2) is 0 Å². The number of hydrogen-bond donors (Lipinski definition) is 2. The fourth-order valence-electron chi connectivity index (χ4n) is 0.362. The summed E-state index contributed by atoms with van der Waals surface area (Å²) >= 11 is 0. The maximum Gasteiger partial charge on any atom is 0.543 e. The van der Waals surface area contributed by atoms with Crippen molar-refractivity contribution in [1.29, 1.82) is 0 Å². The number of aliphatic hydroxyl groups is 1. The van der Waals surface area contributed by atoms with Crippen LogP contribution < -0.4 is 5.48 Å².